The van der Waals surface area contributed by atoms with Gasteiger partial charge in [-0.1, -0.05) is 26.7 Å². The third kappa shape index (κ3) is 5.55. The molecule has 0 unspecified atom stereocenters. The Bertz CT molecular complexity index is 537. The van der Waals surface area contributed by atoms with Gasteiger partial charge in [0.25, 0.3) is 0 Å². The molecule has 0 N–H and O–H groups in total. The minimum Gasteiger partial charge on any atom is -0.126 e. The Balaban J connectivity index is 2.08. The molecule has 0 fully saturated rings. The Morgan fingerprint density at radius 2 is 1.23 bits per heavy atom. The van der Waals surface area contributed by atoms with Crippen molar-refractivity contribution in [3.8, 4) is 9.75 Å². The predicted molar refractivity (Wildman–Crippen MR) is 114 cm³/mol. The van der Waals surface area contributed by atoms with Gasteiger partial charge in [0, 0.05) is 19.5 Å². The Morgan fingerprint density at radius 3 is 1.59 bits per heavy atom. The molecule has 0 saturated heterocycles. The molecule has 0 spiro atoms. The second-order valence-corrected chi connectivity index (χ2v) is 11.9. The lowest BCUT2D eigenvalue weighted by molar-refractivity contribution is 0.896. The molecule has 6 heteroatoms. The lowest BCUT2D eigenvalue weighted by Crippen LogP contribution is -1.76. The molecule has 0 radical (unpaired) electrons. The van der Waals surface area contributed by atoms with Gasteiger partial charge in [-0.15, -0.1) is 46.2 Å². The molecule has 2 rings (SSSR count). The summed E-state index contributed by atoms with van der Waals surface area (Å²) in [5, 5.41) is 0. The Morgan fingerprint density at radius 1 is 0.818 bits per heavy atom. The molecule has 22 heavy (non-hydrogen) atoms. The molecule has 0 nitrogen and oxygen atoms in total. The summed E-state index contributed by atoms with van der Waals surface area (Å²) in [6.45, 7) is 4.49. The second kappa shape index (κ2) is 10.1. The van der Waals surface area contributed by atoms with Crippen molar-refractivity contribution in [2.45, 2.75) is 49.3 Å². The minimum atomic E-state index is 1.21. The summed E-state index contributed by atoms with van der Waals surface area (Å²) < 4.78 is 2.54. The van der Waals surface area contributed by atoms with Gasteiger partial charge in [-0.25, -0.2) is 0 Å². The number of rotatable bonds is 9. The monoisotopic (exact) mass is 498 g/mol. The van der Waals surface area contributed by atoms with Crippen molar-refractivity contribution in [3.05, 3.63) is 19.7 Å². The number of thioether (sulfide) groups is 2. The third-order valence-corrected chi connectivity index (χ3v) is 9.97. The van der Waals surface area contributed by atoms with E-state index in [9.17, 15) is 0 Å². The molecule has 0 aliphatic rings. The number of hydrogen-bond acceptors (Lipinski definition) is 4. The van der Waals surface area contributed by atoms with Gasteiger partial charge in [-0.2, -0.15) is 0 Å². The summed E-state index contributed by atoms with van der Waals surface area (Å²) in [5.41, 5.74) is 0. The highest BCUT2D eigenvalue weighted by molar-refractivity contribution is 9.11. The van der Waals surface area contributed by atoms with E-state index in [-0.39, 0.29) is 0 Å². The fourth-order valence-electron chi connectivity index (χ4n) is 1.80. The van der Waals surface area contributed by atoms with Crippen LogP contribution in [0, 0.1) is 0 Å². The summed E-state index contributed by atoms with van der Waals surface area (Å²) in [4.78, 5) is 5.52. The molecule has 0 aromatic carbocycles. The van der Waals surface area contributed by atoms with Crippen LogP contribution in [0.25, 0.3) is 9.75 Å². The summed E-state index contributed by atoms with van der Waals surface area (Å²) in [7, 11) is 0. The summed E-state index contributed by atoms with van der Waals surface area (Å²) in [5.74, 6) is 2.41. The number of halogens is 2. The molecule has 122 valence electrons. The average Bonchev–Trinajstić information content (AvgIpc) is 3.04. The molecule has 2 aromatic heterocycles. The van der Waals surface area contributed by atoms with E-state index in [1.807, 2.05) is 46.2 Å². The van der Waals surface area contributed by atoms with Gasteiger partial charge in [0.05, 0.1) is 7.57 Å². The van der Waals surface area contributed by atoms with E-state index in [1.54, 1.807) is 0 Å². The van der Waals surface area contributed by atoms with Crippen LogP contribution >= 0.6 is 78.1 Å². The van der Waals surface area contributed by atoms with Crippen molar-refractivity contribution < 1.29 is 0 Å². The topological polar surface area (TPSA) is 0 Å². The van der Waals surface area contributed by atoms with Crippen LogP contribution < -0.4 is 0 Å². The molecule has 2 aromatic rings. The van der Waals surface area contributed by atoms with E-state index in [4.69, 9.17) is 0 Å². The highest BCUT2D eigenvalue weighted by atomic mass is 79.9. The molecule has 0 saturated carbocycles. The molecular formula is C16H20Br2S4. The number of thiophene rings is 2. The van der Waals surface area contributed by atoms with Crippen LogP contribution in [-0.2, 0) is 0 Å². The standard InChI is InChI=1S/C16H20Br2S4/c1-3-5-7-19-13-9-11(21-15(13)17)12-10-14(16(18)22-12)20-8-6-4-2/h9-10H,3-8H2,1-2H3. The van der Waals surface area contributed by atoms with Crippen molar-refractivity contribution in [2.75, 3.05) is 11.5 Å². The van der Waals surface area contributed by atoms with E-state index in [0.717, 1.165) is 0 Å². The van der Waals surface area contributed by atoms with Crippen LogP contribution in [0.2, 0.25) is 0 Å². The van der Waals surface area contributed by atoms with Crippen molar-refractivity contribution in [1.82, 2.24) is 0 Å². The van der Waals surface area contributed by atoms with Gasteiger partial charge in [0.2, 0.25) is 0 Å². The van der Waals surface area contributed by atoms with E-state index < -0.39 is 0 Å². The van der Waals surface area contributed by atoms with Crippen LogP contribution in [0.1, 0.15) is 39.5 Å². The normalized spacial score (nSPS) is 11.3. The van der Waals surface area contributed by atoms with Crippen molar-refractivity contribution in [3.63, 3.8) is 0 Å². The molecule has 0 atom stereocenters. The second-order valence-electron chi connectivity index (χ2n) is 4.90. The van der Waals surface area contributed by atoms with Gasteiger partial charge in [0.15, 0.2) is 0 Å². The zero-order chi connectivity index (χ0) is 15.9. The molecular weight excluding hydrogens is 480 g/mol. The first-order valence-electron chi connectivity index (χ1n) is 7.50. The molecule has 0 amide bonds. The molecule has 0 bridgehead atoms. The smallest absolute Gasteiger partial charge is 0.0840 e. The van der Waals surface area contributed by atoms with Gasteiger partial charge in [-0.3, -0.25) is 0 Å². The van der Waals surface area contributed by atoms with Crippen LogP contribution in [-0.4, -0.2) is 11.5 Å². The van der Waals surface area contributed by atoms with Crippen LogP contribution in [0.4, 0.5) is 0 Å². The third-order valence-electron chi connectivity index (χ3n) is 3.06. The summed E-state index contributed by atoms with van der Waals surface area (Å²) in [6, 6.07) is 4.68. The zero-order valence-corrected chi connectivity index (χ0v) is 19.2. The maximum absolute atomic E-state index is 3.73. The molecule has 0 aliphatic heterocycles. The first kappa shape index (κ1) is 19.4. The van der Waals surface area contributed by atoms with E-state index >= 15 is 0 Å². The van der Waals surface area contributed by atoms with Crippen molar-refractivity contribution >= 4 is 78.1 Å². The van der Waals surface area contributed by atoms with Crippen molar-refractivity contribution in [1.29, 1.82) is 0 Å². The summed E-state index contributed by atoms with van der Waals surface area (Å²) in [6.07, 6.45) is 5.09. The Hall–Kier alpha value is 1.06. The predicted octanol–water partition coefficient (Wildman–Crippen LogP) is 8.79. The fourth-order valence-corrected chi connectivity index (χ4v) is 8.07. The zero-order valence-electron chi connectivity index (χ0n) is 12.8. The van der Waals surface area contributed by atoms with Crippen molar-refractivity contribution in [2.24, 2.45) is 0 Å². The lowest BCUT2D eigenvalue weighted by atomic mass is 10.4. The average molecular weight is 500 g/mol. The highest BCUT2D eigenvalue weighted by Crippen LogP contribution is 2.46. The minimum absolute atomic E-state index is 1.21. The van der Waals surface area contributed by atoms with Gasteiger partial charge in [0.1, 0.15) is 0 Å². The fraction of sp³-hybridized carbons (Fsp3) is 0.500. The summed E-state index contributed by atoms with van der Waals surface area (Å²) >= 11 is 15.1. The van der Waals surface area contributed by atoms with Crippen LogP contribution in [0.15, 0.2) is 29.5 Å². The SMILES string of the molecule is CCCCSc1cc(-c2cc(SCCCC)c(Br)s2)sc1Br. The van der Waals surface area contributed by atoms with E-state index in [2.05, 4.69) is 57.8 Å². The number of hydrogen-bond donors (Lipinski definition) is 0. The maximum Gasteiger partial charge on any atom is 0.0840 e. The highest BCUT2D eigenvalue weighted by Gasteiger charge is 2.14. The molecule has 0 aliphatic carbocycles. The van der Waals surface area contributed by atoms with E-state index in [1.165, 1.54) is 64.3 Å². The van der Waals surface area contributed by atoms with E-state index in [0.29, 0.717) is 0 Å². The van der Waals surface area contributed by atoms with Gasteiger partial charge < -0.3 is 0 Å². The van der Waals surface area contributed by atoms with Gasteiger partial charge in [-0.05, 0) is 68.3 Å². The Labute approximate surface area is 167 Å². The molecule has 2 heterocycles. The Kier molecular flexibility index (Phi) is 8.94. The quantitative estimate of drug-likeness (QED) is 0.249. The number of unbranched alkanes of at least 4 members (excludes halogenated alkanes) is 2. The van der Waals surface area contributed by atoms with Crippen LogP contribution in [0.5, 0.6) is 0 Å². The van der Waals surface area contributed by atoms with Gasteiger partial charge >= 0.3 is 0 Å². The van der Waals surface area contributed by atoms with Crippen LogP contribution in [0.3, 0.4) is 0 Å². The largest absolute Gasteiger partial charge is 0.126 e. The first-order valence-corrected chi connectivity index (χ1v) is 12.7. The lowest BCUT2D eigenvalue weighted by Gasteiger charge is -1.97. The first-order chi connectivity index (χ1) is 10.7. The maximum atomic E-state index is 3.73.